The number of hydrogen-bond donors (Lipinski definition) is 2. The number of thioether (sulfide) groups is 1. The van der Waals surface area contributed by atoms with Crippen molar-refractivity contribution in [3.63, 3.8) is 0 Å². The molecule has 2 aliphatic rings. The van der Waals surface area contributed by atoms with E-state index in [1.807, 2.05) is 18.7 Å². The Kier molecular flexibility index (Phi) is 6.83. The zero-order chi connectivity index (χ0) is 23.8. The number of hydrogen-bond acceptors (Lipinski definition) is 6. The number of amides is 1. The van der Waals surface area contributed by atoms with Crippen LogP contribution in [0.25, 0.3) is 0 Å². The molecule has 8 nitrogen and oxygen atoms in total. The van der Waals surface area contributed by atoms with Gasteiger partial charge in [0.25, 0.3) is 5.91 Å². The summed E-state index contributed by atoms with van der Waals surface area (Å²) in [6.07, 6.45) is 6.00. The van der Waals surface area contributed by atoms with Crippen molar-refractivity contribution in [1.29, 1.82) is 0 Å². The van der Waals surface area contributed by atoms with Gasteiger partial charge in [0.2, 0.25) is 10.0 Å². The quantitative estimate of drug-likeness (QED) is 0.641. The van der Waals surface area contributed by atoms with Crippen molar-refractivity contribution in [3.05, 3.63) is 58.6 Å². The van der Waals surface area contributed by atoms with E-state index in [0.717, 1.165) is 10.5 Å². The summed E-state index contributed by atoms with van der Waals surface area (Å²) < 4.78 is 39.1. The molecule has 178 valence electrons. The summed E-state index contributed by atoms with van der Waals surface area (Å²) in [7, 11) is -3.25. The summed E-state index contributed by atoms with van der Waals surface area (Å²) in [6, 6.07) is 6.04. The van der Waals surface area contributed by atoms with Crippen molar-refractivity contribution >= 4 is 33.4 Å². The van der Waals surface area contributed by atoms with E-state index >= 15 is 0 Å². The number of nitrogens with zero attached hydrogens (tertiary/aromatic N) is 3. The second kappa shape index (κ2) is 9.47. The van der Waals surface area contributed by atoms with Crippen LogP contribution in [0.1, 0.15) is 37.6 Å². The molecular weight excluding hydrogens is 465 g/mol. The summed E-state index contributed by atoms with van der Waals surface area (Å²) in [5.74, 6) is -0.509. The van der Waals surface area contributed by atoms with Crippen molar-refractivity contribution in [2.45, 2.75) is 38.1 Å². The number of benzene rings is 1. The molecule has 0 spiro atoms. The van der Waals surface area contributed by atoms with Gasteiger partial charge in [0.1, 0.15) is 16.9 Å². The lowest BCUT2D eigenvalue weighted by molar-refractivity contribution is -0.118. The van der Waals surface area contributed by atoms with Crippen molar-refractivity contribution in [2.75, 3.05) is 24.2 Å². The van der Waals surface area contributed by atoms with Gasteiger partial charge in [-0.05, 0) is 56.9 Å². The average Bonchev–Trinajstić information content (AvgIpc) is 3.41. The Balaban J connectivity index is 1.76. The molecule has 1 saturated heterocycles. The molecule has 0 radical (unpaired) electrons. The first kappa shape index (κ1) is 23.8. The first-order valence-corrected chi connectivity index (χ1v) is 13.6. The molecule has 0 aliphatic carbocycles. The van der Waals surface area contributed by atoms with Crippen LogP contribution in [0.3, 0.4) is 0 Å². The van der Waals surface area contributed by atoms with Gasteiger partial charge in [-0.2, -0.15) is 5.10 Å². The van der Waals surface area contributed by atoms with Crippen LogP contribution in [-0.2, 0) is 14.8 Å². The van der Waals surface area contributed by atoms with Crippen LogP contribution in [-0.4, -0.2) is 54.2 Å². The number of sulfonamides is 1. The second-order valence-corrected chi connectivity index (χ2v) is 11.7. The Bertz CT molecular complexity index is 1130. The predicted molar refractivity (Wildman–Crippen MR) is 127 cm³/mol. The van der Waals surface area contributed by atoms with Gasteiger partial charge in [-0.25, -0.2) is 17.1 Å². The number of carbonyl (C=O) groups excluding carboxylic acids is 1. The Morgan fingerprint density at radius 3 is 2.45 bits per heavy atom. The molecule has 1 unspecified atom stereocenters. The minimum Gasteiger partial charge on any atom is -0.349 e. The zero-order valence-corrected chi connectivity index (χ0v) is 20.4. The van der Waals surface area contributed by atoms with Gasteiger partial charge in [-0.3, -0.25) is 9.89 Å². The van der Waals surface area contributed by atoms with E-state index in [-0.39, 0.29) is 29.1 Å². The monoisotopic (exact) mass is 493 g/mol. The molecule has 0 bridgehead atoms. The molecule has 3 heterocycles. The third kappa shape index (κ3) is 5.10. The fourth-order valence-corrected chi connectivity index (χ4v) is 6.68. The summed E-state index contributed by atoms with van der Waals surface area (Å²) in [5, 5.41) is 9.67. The number of piperidine rings is 1. The molecule has 1 aromatic carbocycles. The molecule has 11 heteroatoms. The molecular formula is C22H28FN5O3S2. The summed E-state index contributed by atoms with van der Waals surface area (Å²) in [6.45, 7) is 4.64. The molecule has 2 N–H and O–H groups in total. The fraction of sp³-hybridized carbons (Fsp3) is 0.455. The first-order chi connectivity index (χ1) is 15.6. The van der Waals surface area contributed by atoms with Crippen molar-refractivity contribution in [2.24, 2.45) is 5.92 Å². The molecule has 1 fully saturated rings. The highest BCUT2D eigenvalue weighted by Crippen LogP contribution is 2.53. The highest BCUT2D eigenvalue weighted by Gasteiger charge is 2.42. The molecule has 1 amide bonds. The van der Waals surface area contributed by atoms with E-state index in [4.69, 9.17) is 0 Å². The Morgan fingerprint density at radius 2 is 1.91 bits per heavy atom. The highest BCUT2D eigenvalue weighted by molar-refractivity contribution is 8.03. The van der Waals surface area contributed by atoms with E-state index in [0.29, 0.717) is 37.3 Å². The van der Waals surface area contributed by atoms with Crippen LogP contribution in [0.4, 0.5) is 10.1 Å². The Morgan fingerprint density at radius 1 is 1.24 bits per heavy atom. The largest absolute Gasteiger partial charge is 0.349 e. The number of rotatable bonds is 6. The molecule has 2 aliphatic heterocycles. The van der Waals surface area contributed by atoms with Crippen LogP contribution >= 0.6 is 11.8 Å². The number of H-pyrrole nitrogens is 1. The number of anilines is 1. The van der Waals surface area contributed by atoms with E-state index in [2.05, 4.69) is 15.5 Å². The van der Waals surface area contributed by atoms with Gasteiger partial charge < -0.3 is 10.2 Å². The SMILES string of the molecule is CC(C)NC(=O)C1=C(C2CCN(S(C)(=O)=O)CC2)SC(c2cn[nH]c2)N1c1ccc(F)cc1. The molecule has 1 atom stereocenters. The highest BCUT2D eigenvalue weighted by atomic mass is 32.2. The van der Waals surface area contributed by atoms with Crippen LogP contribution in [0.15, 0.2) is 47.3 Å². The van der Waals surface area contributed by atoms with Gasteiger partial charge in [-0.1, -0.05) is 11.8 Å². The third-order valence-electron chi connectivity index (χ3n) is 5.79. The fourth-order valence-electron chi connectivity index (χ4n) is 4.24. The van der Waals surface area contributed by atoms with Crippen molar-refractivity contribution in [3.8, 4) is 0 Å². The normalized spacial score (nSPS) is 20.6. The standard InChI is InChI=1S/C22H28FN5O3S2/c1-14(2)26-21(29)19-20(15-8-10-27(11-9-15)33(3,30)31)32-22(16-12-24-25-13-16)28(19)18-6-4-17(23)5-7-18/h4-7,12-15,22H,8-11H2,1-3H3,(H,24,25)(H,26,29). The lowest BCUT2D eigenvalue weighted by Crippen LogP contribution is -2.40. The average molecular weight is 494 g/mol. The molecule has 1 aromatic heterocycles. The van der Waals surface area contributed by atoms with E-state index in [1.54, 1.807) is 36.3 Å². The third-order valence-corrected chi connectivity index (χ3v) is 8.58. The van der Waals surface area contributed by atoms with Crippen molar-refractivity contribution < 1.29 is 17.6 Å². The first-order valence-electron chi connectivity index (χ1n) is 10.9. The van der Waals surface area contributed by atoms with Gasteiger partial charge in [0, 0.05) is 41.5 Å². The molecule has 0 saturated carbocycles. The maximum atomic E-state index is 13.7. The number of allylic oxidation sites excluding steroid dienone is 1. The lowest BCUT2D eigenvalue weighted by Gasteiger charge is -2.31. The predicted octanol–water partition coefficient (Wildman–Crippen LogP) is 3.21. The maximum absolute atomic E-state index is 13.7. The van der Waals surface area contributed by atoms with Crippen LogP contribution in [0.2, 0.25) is 0 Å². The smallest absolute Gasteiger partial charge is 0.269 e. The number of aromatic amines is 1. The lowest BCUT2D eigenvalue weighted by atomic mass is 9.95. The van der Waals surface area contributed by atoms with Crippen LogP contribution < -0.4 is 10.2 Å². The number of halogens is 1. The summed E-state index contributed by atoms with van der Waals surface area (Å²) >= 11 is 1.58. The van der Waals surface area contributed by atoms with Gasteiger partial charge in [0.05, 0.1) is 12.5 Å². The molecule has 4 rings (SSSR count). The number of aromatic nitrogens is 2. The molecule has 2 aromatic rings. The molecule has 33 heavy (non-hydrogen) atoms. The van der Waals surface area contributed by atoms with Crippen LogP contribution in [0, 0.1) is 11.7 Å². The van der Waals surface area contributed by atoms with Gasteiger partial charge in [0.15, 0.2) is 0 Å². The maximum Gasteiger partial charge on any atom is 0.269 e. The van der Waals surface area contributed by atoms with E-state index < -0.39 is 10.0 Å². The van der Waals surface area contributed by atoms with Gasteiger partial charge >= 0.3 is 0 Å². The Hall–Kier alpha value is -2.37. The van der Waals surface area contributed by atoms with Crippen molar-refractivity contribution in [1.82, 2.24) is 19.8 Å². The topological polar surface area (TPSA) is 98.4 Å². The minimum absolute atomic E-state index is 0.0424. The zero-order valence-electron chi connectivity index (χ0n) is 18.8. The van der Waals surface area contributed by atoms with E-state index in [1.165, 1.54) is 22.7 Å². The minimum atomic E-state index is -3.25. The second-order valence-electron chi connectivity index (χ2n) is 8.63. The number of carbonyl (C=O) groups is 1. The van der Waals surface area contributed by atoms with Crippen LogP contribution in [0.5, 0.6) is 0 Å². The summed E-state index contributed by atoms with van der Waals surface area (Å²) in [4.78, 5) is 16.3. The van der Waals surface area contributed by atoms with E-state index in [9.17, 15) is 17.6 Å². The summed E-state index contributed by atoms with van der Waals surface area (Å²) in [5.41, 5.74) is 2.12. The Labute approximate surface area is 197 Å². The number of nitrogens with one attached hydrogen (secondary N) is 2. The van der Waals surface area contributed by atoms with Gasteiger partial charge in [-0.15, -0.1) is 0 Å².